The number of methoxy groups -OCH3 is 3. The van der Waals surface area contributed by atoms with Gasteiger partial charge >= 0.3 is 0 Å². The van der Waals surface area contributed by atoms with Crippen molar-refractivity contribution in [3.63, 3.8) is 0 Å². The number of benzene rings is 2. The summed E-state index contributed by atoms with van der Waals surface area (Å²) in [6.45, 7) is 1.55. The minimum absolute atomic E-state index is 0.0647. The van der Waals surface area contributed by atoms with Gasteiger partial charge in [0.05, 0.1) is 21.3 Å². The maximum Gasteiger partial charge on any atom is 0.203 e. The third kappa shape index (κ3) is 5.24. The molecule has 4 nitrogen and oxygen atoms in total. The molecular formula is C22H24O4. The van der Waals surface area contributed by atoms with E-state index < -0.39 is 0 Å². The molecule has 0 atom stereocenters. The highest BCUT2D eigenvalue weighted by Crippen LogP contribution is 2.38. The molecule has 136 valence electrons. The highest BCUT2D eigenvalue weighted by molar-refractivity contribution is 5.87. The van der Waals surface area contributed by atoms with Crippen LogP contribution in [0.3, 0.4) is 0 Å². The lowest BCUT2D eigenvalue weighted by molar-refractivity contribution is -0.112. The number of hydrogen-bond acceptors (Lipinski definition) is 4. The van der Waals surface area contributed by atoms with Gasteiger partial charge in [0, 0.05) is 0 Å². The third-order valence-corrected chi connectivity index (χ3v) is 3.84. The van der Waals surface area contributed by atoms with Gasteiger partial charge in [-0.1, -0.05) is 42.5 Å². The average Bonchev–Trinajstić information content (AvgIpc) is 2.66. The maximum atomic E-state index is 10.9. The van der Waals surface area contributed by atoms with E-state index in [9.17, 15) is 4.79 Å². The fraction of sp³-hybridized carbons (Fsp3) is 0.227. The van der Waals surface area contributed by atoms with Gasteiger partial charge in [-0.3, -0.25) is 4.79 Å². The normalized spacial score (nSPS) is 11.1. The van der Waals surface area contributed by atoms with E-state index in [0.717, 1.165) is 23.1 Å². The lowest BCUT2D eigenvalue weighted by Gasteiger charge is -2.12. The van der Waals surface area contributed by atoms with Gasteiger partial charge in [0.25, 0.3) is 0 Å². The monoisotopic (exact) mass is 352 g/mol. The van der Waals surface area contributed by atoms with E-state index in [1.807, 2.05) is 42.5 Å². The zero-order valence-electron chi connectivity index (χ0n) is 15.6. The molecule has 0 aromatic heterocycles. The summed E-state index contributed by atoms with van der Waals surface area (Å²) in [4.78, 5) is 10.9. The van der Waals surface area contributed by atoms with Crippen LogP contribution < -0.4 is 14.2 Å². The molecule has 0 unspecified atom stereocenters. The van der Waals surface area contributed by atoms with Crippen LogP contribution in [0, 0.1) is 0 Å². The van der Waals surface area contributed by atoms with Crippen molar-refractivity contribution < 1.29 is 19.0 Å². The van der Waals surface area contributed by atoms with Gasteiger partial charge < -0.3 is 14.2 Å². The van der Waals surface area contributed by atoms with Crippen molar-refractivity contribution in [2.45, 2.75) is 13.3 Å². The standard InChI is InChI=1S/C22H24O4/c1-16(23)6-5-7-17-8-10-18(11-9-17)12-13-19-14-20(24-2)22(26-4)21(15-19)25-3/h5-6,8-15H,7H2,1-4H3/b6-5-,13-12-. The molecule has 4 heteroatoms. The Morgan fingerprint density at radius 2 is 1.46 bits per heavy atom. The van der Waals surface area contributed by atoms with Crippen LogP contribution in [0.5, 0.6) is 17.2 Å². The first kappa shape index (κ1) is 19.3. The Bertz CT molecular complexity index is 776. The minimum atomic E-state index is 0.0647. The molecule has 0 heterocycles. The van der Waals surface area contributed by atoms with Gasteiger partial charge in [0.2, 0.25) is 5.75 Å². The first-order valence-electron chi connectivity index (χ1n) is 8.31. The smallest absolute Gasteiger partial charge is 0.203 e. The van der Waals surface area contributed by atoms with E-state index in [1.165, 1.54) is 0 Å². The summed E-state index contributed by atoms with van der Waals surface area (Å²) in [5.74, 6) is 1.89. The fourth-order valence-electron chi connectivity index (χ4n) is 2.52. The number of carbonyl (C=O) groups is 1. The number of ether oxygens (including phenoxy) is 3. The molecular weight excluding hydrogens is 328 g/mol. The van der Waals surface area contributed by atoms with E-state index in [-0.39, 0.29) is 5.78 Å². The highest BCUT2D eigenvalue weighted by atomic mass is 16.5. The molecule has 0 N–H and O–H groups in total. The van der Waals surface area contributed by atoms with Crippen LogP contribution in [0.1, 0.15) is 23.6 Å². The first-order chi connectivity index (χ1) is 12.6. The van der Waals surface area contributed by atoms with E-state index in [4.69, 9.17) is 14.2 Å². The number of allylic oxidation sites excluding steroid dienone is 2. The summed E-state index contributed by atoms with van der Waals surface area (Å²) >= 11 is 0. The van der Waals surface area contributed by atoms with Gasteiger partial charge in [0.15, 0.2) is 17.3 Å². The Labute approximate surface area is 154 Å². The van der Waals surface area contributed by atoms with Crippen molar-refractivity contribution in [1.29, 1.82) is 0 Å². The number of hydrogen-bond donors (Lipinski definition) is 0. The lowest BCUT2D eigenvalue weighted by Crippen LogP contribution is -1.95. The second-order valence-corrected chi connectivity index (χ2v) is 5.75. The predicted molar refractivity (Wildman–Crippen MR) is 105 cm³/mol. The Hall–Kier alpha value is -3.01. The maximum absolute atomic E-state index is 10.9. The van der Waals surface area contributed by atoms with E-state index in [2.05, 4.69) is 12.1 Å². The van der Waals surface area contributed by atoms with Crippen LogP contribution in [-0.2, 0) is 11.2 Å². The molecule has 0 saturated carbocycles. The molecule has 0 bridgehead atoms. The summed E-state index contributed by atoms with van der Waals surface area (Å²) in [5.41, 5.74) is 3.19. The van der Waals surface area contributed by atoms with Gasteiger partial charge in [-0.25, -0.2) is 0 Å². The highest BCUT2D eigenvalue weighted by Gasteiger charge is 2.11. The molecule has 0 saturated heterocycles. The summed E-state index contributed by atoms with van der Waals surface area (Å²) in [6.07, 6.45) is 8.24. The predicted octanol–water partition coefficient (Wildman–Crippen LogP) is 4.57. The molecule has 2 aromatic rings. The summed E-state index contributed by atoms with van der Waals surface area (Å²) in [6, 6.07) is 12.0. The number of ketones is 1. The second kappa shape index (κ2) is 9.47. The van der Waals surface area contributed by atoms with Crippen LogP contribution in [0.2, 0.25) is 0 Å². The van der Waals surface area contributed by atoms with Crippen molar-refractivity contribution in [3.8, 4) is 17.2 Å². The summed E-state index contributed by atoms with van der Waals surface area (Å²) in [5, 5.41) is 0. The third-order valence-electron chi connectivity index (χ3n) is 3.84. The molecule has 0 spiro atoms. The minimum Gasteiger partial charge on any atom is -0.493 e. The van der Waals surface area contributed by atoms with Gasteiger partial charge in [0.1, 0.15) is 0 Å². The van der Waals surface area contributed by atoms with Crippen LogP contribution >= 0.6 is 0 Å². The Morgan fingerprint density at radius 3 is 1.96 bits per heavy atom. The topological polar surface area (TPSA) is 44.8 Å². The zero-order chi connectivity index (χ0) is 18.9. The second-order valence-electron chi connectivity index (χ2n) is 5.75. The van der Waals surface area contributed by atoms with Crippen LogP contribution in [-0.4, -0.2) is 27.1 Å². The number of rotatable bonds is 8. The Kier molecular flexibility index (Phi) is 7.03. The summed E-state index contributed by atoms with van der Waals surface area (Å²) < 4.78 is 16.1. The van der Waals surface area contributed by atoms with Crippen molar-refractivity contribution in [1.82, 2.24) is 0 Å². The molecule has 0 fully saturated rings. The first-order valence-corrected chi connectivity index (χ1v) is 8.31. The fourth-order valence-corrected chi connectivity index (χ4v) is 2.52. The van der Waals surface area contributed by atoms with Crippen molar-refractivity contribution in [3.05, 3.63) is 65.2 Å². The average molecular weight is 352 g/mol. The molecule has 0 aliphatic rings. The molecule has 0 aliphatic heterocycles. The van der Waals surface area contributed by atoms with E-state index >= 15 is 0 Å². The largest absolute Gasteiger partial charge is 0.493 e. The Balaban J connectivity index is 2.15. The summed E-state index contributed by atoms with van der Waals surface area (Å²) in [7, 11) is 4.79. The van der Waals surface area contributed by atoms with Crippen LogP contribution in [0.25, 0.3) is 12.2 Å². The lowest BCUT2D eigenvalue weighted by atomic mass is 10.1. The Morgan fingerprint density at radius 1 is 0.885 bits per heavy atom. The molecule has 2 aromatic carbocycles. The van der Waals surface area contributed by atoms with Crippen molar-refractivity contribution in [2.24, 2.45) is 0 Å². The van der Waals surface area contributed by atoms with Crippen LogP contribution in [0.15, 0.2) is 48.6 Å². The van der Waals surface area contributed by atoms with Gasteiger partial charge in [-0.05, 0) is 48.2 Å². The van der Waals surface area contributed by atoms with E-state index in [1.54, 1.807) is 34.3 Å². The number of carbonyl (C=O) groups excluding carboxylic acids is 1. The van der Waals surface area contributed by atoms with Crippen molar-refractivity contribution in [2.75, 3.05) is 21.3 Å². The van der Waals surface area contributed by atoms with Crippen molar-refractivity contribution >= 4 is 17.9 Å². The molecule has 0 amide bonds. The van der Waals surface area contributed by atoms with Gasteiger partial charge in [-0.15, -0.1) is 0 Å². The van der Waals surface area contributed by atoms with E-state index in [0.29, 0.717) is 17.2 Å². The molecule has 26 heavy (non-hydrogen) atoms. The quantitative estimate of drug-likeness (QED) is 0.516. The van der Waals surface area contributed by atoms with Crippen LogP contribution in [0.4, 0.5) is 0 Å². The molecule has 2 rings (SSSR count). The molecule has 0 aliphatic carbocycles. The SMILES string of the molecule is COc1cc(/C=C\c2ccc(C/C=C\C(C)=O)cc2)cc(OC)c1OC. The molecule has 0 radical (unpaired) electrons. The zero-order valence-corrected chi connectivity index (χ0v) is 15.6. The van der Waals surface area contributed by atoms with Gasteiger partial charge in [-0.2, -0.15) is 0 Å².